The molecule has 2 atom stereocenters. The standard InChI is InChI=1S/C19H12BrCl4F3N2O2/c20-11-5-8(1-3-13(11)22)14-15(19(14,23)24)17(31)29-9-2-4-12(21)10(6-9)16(30)28-7-18(25,26)27/h1-6,14-15H,7H2,(H,28,30)(H,29,31). The normalized spacial score (nSPS) is 19.6. The summed E-state index contributed by atoms with van der Waals surface area (Å²) >= 11 is 27.8. The van der Waals surface area contributed by atoms with Crippen LogP contribution in [0.1, 0.15) is 21.8 Å². The Hall–Kier alpha value is -1.19. The highest BCUT2D eigenvalue weighted by Gasteiger charge is 2.67. The van der Waals surface area contributed by atoms with E-state index in [0.29, 0.717) is 15.1 Å². The Morgan fingerprint density at radius 1 is 1.06 bits per heavy atom. The molecule has 2 unspecified atom stereocenters. The summed E-state index contributed by atoms with van der Waals surface area (Å²) in [4.78, 5) is 24.8. The van der Waals surface area contributed by atoms with E-state index in [9.17, 15) is 22.8 Å². The predicted octanol–water partition coefficient (Wildman–Crippen LogP) is 6.57. The van der Waals surface area contributed by atoms with Gasteiger partial charge < -0.3 is 10.6 Å². The van der Waals surface area contributed by atoms with Crippen LogP contribution in [-0.4, -0.2) is 28.9 Å². The van der Waals surface area contributed by atoms with Crippen LogP contribution in [0.15, 0.2) is 40.9 Å². The Morgan fingerprint density at radius 2 is 1.71 bits per heavy atom. The fourth-order valence-electron chi connectivity index (χ4n) is 3.05. The van der Waals surface area contributed by atoms with E-state index in [1.165, 1.54) is 18.2 Å². The van der Waals surface area contributed by atoms with Gasteiger partial charge in [0.15, 0.2) is 0 Å². The third-order valence-corrected chi connectivity index (χ3v) is 7.05. The first-order valence-electron chi connectivity index (χ1n) is 8.59. The molecule has 0 aromatic heterocycles. The molecule has 1 fully saturated rings. The molecule has 12 heteroatoms. The summed E-state index contributed by atoms with van der Waals surface area (Å²) in [6.45, 7) is -1.51. The maximum absolute atomic E-state index is 12.7. The van der Waals surface area contributed by atoms with Crippen LogP contribution in [0.2, 0.25) is 10.0 Å². The Balaban J connectivity index is 1.74. The van der Waals surface area contributed by atoms with Crippen LogP contribution in [0.5, 0.6) is 0 Å². The summed E-state index contributed by atoms with van der Waals surface area (Å²) < 4.78 is 36.3. The fourth-order valence-corrected chi connectivity index (χ4v) is 4.59. The first kappa shape index (κ1) is 24.5. The van der Waals surface area contributed by atoms with Crippen molar-refractivity contribution in [2.45, 2.75) is 16.4 Å². The lowest BCUT2D eigenvalue weighted by molar-refractivity contribution is -0.123. The van der Waals surface area contributed by atoms with E-state index in [4.69, 9.17) is 46.4 Å². The van der Waals surface area contributed by atoms with Crippen LogP contribution in [0.3, 0.4) is 0 Å². The second-order valence-electron chi connectivity index (χ2n) is 6.79. The molecule has 1 saturated carbocycles. The number of hydrogen-bond donors (Lipinski definition) is 2. The van der Waals surface area contributed by atoms with Crippen LogP contribution in [0.25, 0.3) is 0 Å². The van der Waals surface area contributed by atoms with Crippen LogP contribution >= 0.6 is 62.3 Å². The molecule has 0 radical (unpaired) electrons. The Bertz CT molecular complexity index is 1050. The lowest BCUT2D eigenvalue weighted by Crippen LogP contribution is -2.33. The molecule has 2 N–H and O–H groups in total. The average Bonchev–Trinajstić information content (AvgIpc) is 3.25. The number of alkyl halides is 5. The number of carbonyl (C=O) groups is 2. The Kier molecular flexibility index (Phi) is 7.08. The van der Waals surface area contributed by atoms with Crippen molar-refractivity contribution in [1.82, 2.24) is 5.32 Å². The van der Waals surface area contributed by atoms with E-state index in [0.717, 1.165) is 0 Å². The summed E-state index contributed by atoms with van der Waals surface area (Å²) in [6, 6.07) is 8.92. The van der Waals surface area contributed by atoms with E-state index in [-0.39, 0.29) is 16.3 Å². The van der Waals surface area contributed by atoms with Crippen molar-refractivity contribution in [3.8, 4) is 0 Å². The SMILES string of the molecule is O=C(NCC(F)(F)F)c1cc(NC(=O)C2C(c3ccc(Cl)c(Br)c3)C2(Cl)Cl)ccc1Cl. The molecule has 0 spiro atoms. The van der Waals surface area contributed by atoms with Gasteiger partial charge in [0.1, 0.15) is 10.9 Å². The topological polar surface area (TPSA) is 58.2 Å². The van der Waals surface area contributed by atoms with Crippen LogP contribution in [0, 0.1) is 5.92 Å². The van der Waals surface area contributed by atoms with Crippen molar-refractivity contribution in [3.05, 3.63) is 62.0 Å². The summed E-state index contributed by atoms with van der Waals surface area (Å²) in [6.07, 6.45) is -4.57. The third kappa shape index (κ3) is 5.60. The number of anilines is 1. The van der Waals surface area contributed by atoms with Gasteiger partial charge in [0.2, 0.25) is 5.91 Å². The monoisotopic (exact) mass is 576 g/mol. The molecule has 0 bridgehead atoms. The number of nitrogens with one attached hydrogen (secondary N) is 2. The lowest BCUT2D eigenvalue weighted by atomic mass is 10.1. The molecular formula is C19H12BrCl4F3N2O2. The molecule has 31 heavy (non-hydrogen) atoms. The average molecular weight is 579 g/mol. The summed E-state index contributed by atoms with van der Waals surface area (Å²) in [7, 11) is 0. The van der Waals surface area contributed by atoms with Crippen molar-refractivity contribution < 1.29 is 22.8 Å². The maximum atomic E-state index is 12.7. The van der Waals surface area contributed by atoms with Crippen LogP contribution < -0.4 is 10.6 Å². The largest absolute Gasteiger partial charge is 0.405 e. The van der Waals surface area contributed by atoms with E-state index in [2.05, 4.69) is 21.2 Å². The molecular weight excluding hydrogens is 567 g/mol. The Morgan fingerprint density at radius 3 is 2.32 bits per heavy atom. The van der Waals surface area contributed by atoms with Crippen molar-refractivity contribution >= 4 is 79.8 Å². The van der Waals surface area contributed by atoms with E-state index >= 15 is 0 Å². The number of halogens is 8. The quantitative estimate of drug-likeness (QED) is 0.394. The molecule has 0 heterocycles. The van der Waals surface area contributed by atoms with Gasteiger partial charge in [-0.15, -0.1) is 23.2 Å². The highest BCUT2D eigenvalue weighted by Crippen LogP contribution is 2.65. The van der Waals surface area contributed by atoms with Gasteiger partial charge in [-0.05, 0) is 51.8 Å². The lowest BCUT2D eigenvalue weighted by Gasteiger charge is -2.11. The van der Waals surface area contributed by atoms with Gasteiger partial charge in [0.05, 0.1) is 21.5 Å². The highest BCUT2D eigenvalue weighted by atomic mass is 79.9. The minimum atomic E-state index is -4.57. The molecule has 166 valence electrons. The van der Waals surface area contributed by atoms with Gasteiger partial charge in [-0.3, -0.25) is 9.59 Å². The number of hydrogen-bond acceptors (Lipinski definition) is 2. The zero-order valence-corrected chi connectivity index (χ0v) is 19.8. The van der Waals surface area contributed by atoms with Crippen LogP contribution in [0.4, 0.5) is 18.9 Å². The van der Waals surface area contributed by atoms with E-state index < -0.39 is 40.7 Å². The Labute approximate surface area is 203 Å². The smallest absolute Gasteiger partial charge is 0.343 e. The van der Waals surface area contributed by atoms with Gasteiger partial charge in [-0.25, -0.2) is 0 Å². The molecule has 1 aliphatic rings. The maximum Gasteiger partial charge on any atom is 0.405 e. The summed E-state index contributed by atoms with van der Waals surface area (Å²) in [5.74, 6) is -2.86. The van der Waals surface area contributed by atoms with Crippen molar-refractivity contribution in [2.24, 2.45) is 5.92 Å². The van der Waals surface area contributed by atoms with Gasteiger partial charge in [-0.2, -0.15) is 13.2 Å². The predicted molar refractivity (Wildman–Crippen MR) is 118 cm³/mol. The number of benzene rings is 2. The fraction of sp³-hybridized carbons (Fsp3) is 0.263. The minimum absolute atomic E-state index is 0.0722. The molecule has 4 nitrogen and oxygen atoms in total. The number of rotatable bonds is 5. The summed E-state index contributed by atoms with van der Waals surface area (Å²) in [5.41, 5.74) is 0.629. The van der Waals surface area contributed by atoms with Crippen molar-refractivity contribution in [3.63, 3.8) is 0 Å². The van der Waals surface area contributed by atoms with Gasteiger partial charge in [0, 0.05) is 16.1 Å². The van der Waals surface area contributed by atoms with Crippen LogP contribution in [-0.2, 0) is 4.79 Å². The van der Waals surface area contributed by atoms with Crippen molar-refractivity contribution in [2.75, 3.05) is 11.9 Å². The molecule has 2 amide bonds. The second-order valence-corrected chi connectivity index (χ2v) is 9.90. The number of carbonyl (C=O) groups excluding carboxylic acids is 2. The van der Waals surface area contributed by atoms with Gasteiger partial charge >= 0.3 is 6.18 Å². The molecule has 1 aliphatic carbocycles. The molecule has 0 saturated heterocycles. The molecule has 0 aliphatic heterocycles. The van der Waals surface area contributed by atoms with E-state index in [1.807, 2.05) is 0 Å². The van der Waals surface area contributed by atoms with Gasteiger partial charge in [0.25, 0.3) is 5.91 Å². The minimum Gasteiger partial charge on any atom is -0.343 e. The second kappa shape index (κ2) is 8.98. The summed E-state index contributed by atoms with van der Waals surface area (Å²) in [5, 5.41) is 4.71. The molecule has 3 rings (SSSR count). The zero-order valence-electron chi connectivity index (χ0n) is 15.2. The highest BCUT2D eigenvalue weighted by molar-refractivity contribution is 9.10. The van der Waals surface area contributed by atoms with E-state index in [1.54, 1.807) is 23.5 Å². The first-order valence-corrected chi connectivity index (χ1v) is 10.9. The molecule has 2 aromatic carbocycles. The van der Waals surface area contributed by atoms with Crippen molar-refractivity contribution in [1.29, 1.82) is 0 Å². The first-order chi connectivity index (χ1) is 14.3. The van der Waals surface area contributed by atoms with Gasteiger partial charge in [-0.1, -0.05) is 29.3 Å². The zero-order chi connectivity index (χ0) is 23.1. The molecule has 2 aromatic rings. The number of amides is 2. The third-order valence-electron chi connectivity index (χ3n) is 4.57.